The van der Waals surface area contributed by atoms with Crippen molar-refractivity contribution in [3.05, 3.63) is 72.7 Å². The van der Waals surface area contributed by atoms with Crippen LogP contribution in [0.15, 0.2) is 61.4 Å². The van der Waals surface area contributed by atoms with Crippen LogP contribution in [0.1, 0.15) is 16.1 Å². The van der Waals surface area contributed by atoms with Crippen LogP contribution in [0.4, 0.5) is 5.82 Å². The molecule has 0 spiro atoms. The van der Waals surface area contributed by atoms with Crippen LogP contribution >= 0.6 is 0 Å². The Balaban J connectivity index is 1.36. The van der Waals surface area contributed by atoms with Crippen LogP contribution in [0, 0.1) is 0 Å². The van der Waals surface area contributed by atoms with Crippen molar-refractivity contribution in [2.45, 2.75) is 6.42 Å². The Hall–Kier alpha value is -3.78. The van der Waals surface area contributed by atoms with Crippen molar-refractivity contribution in [1.82, 2.24) is 29.8 Å². The quantitative estimate of drug-likeness (QED) is 0.451. The molecule has 160 valence electrons. The van der Waals surface area contributed by atoms with Gasteiger partial charge in [0.25, 0.3) is 0 Å². The molecule has 0 saturated carbocycles. The van der Waals surface area contributed by atoms with Crippen molar-refractivity contribution in [3.8, 4) is 11.4 Å². The first-order valence-electron chi connectivity index (χ1n) is 10.6. The lowest BCUT2D eigenvalue weighted by atomic mass is 10.1. The van der Waals surface area contributed by atoms with Crippen molar-refractivity contribution >= 4 is 22.4 Å². The third-order valence-corrected chi connectivity index (χ3v) is 5.72. The van der Waals surface area contributed by atoms with E-state index in [1.54, 1.807) is 43.2 Å². The predicted octanol–water partition coefficient (Wildman–Crippen LogP) is 2.66. The van der Waals surface area contributed by atoms with Gasteiger partial charge in [0.2, 0.25) is 0 Å². The van der Waals surface area contributed by atoms with Gasteiger partial charge >= 0.3 is 0 Å². The number of ketones is 1. The van der Waals surface area contributed by atoms with E-state index in [9.17, 15) is 4.79 Å². The topological polar surface area (TPSA) is 88.0 Å². The maximum Gasteiger partial charge on any atom is 0.169 e. The van der Waals surface area contributed by atoms with Gasteiger partial charge in [0, 0.05) is 73.8 Å². The third-order valence-electron chi connectivity index (χ3n) is 5.72. The standard InChI is InChI=1S/C24H23N7O/c1-30-6-8-31(9-7-30)24-12-17(2-3-27-24)23(32)13-20-10-18-11-21(22-16-25-4-5-26-22)29-15-19(18)14-28-20/h2-5,10-12,14-16H,6-9,13H2,1H3. The van der Waals surface area contributed by atoms with Crippen LogP contribution in [0.2, 0.25) is 0 Å². The fourth-order valence-electron chi connectivity index (χ4n) is 3.82. The first-order chi connectivity index (χ1) is 15.7. The number of nitrogens with zero attached hydrogens (tertiary/aromatic N) is 7. The van der Waals surface area contributed by atoms with Crippen molar-refractivity contribution in [2.24, 2.45) is 0 Å². The fourth-order valence-corrected chi connectivity index (χ4v) is 3.82. The Morgan fingerprint density at radius 3 is 2.50 bits per heavy atom. The number of pyridine rings is 3. The minimum atomic E-state index is 0.0258. The highest BCUT2D eigenvalue weighted by molar-refractivity contribution is 5.98. The van der Waals surface area contributed by atoms with Gasteiger partial charge in [-0.2, -0.15) is 0 Å². The van der Waals surface area contributed by atoms with E-state index in [2.05, 4.69) is 41.8 Å². The Morgan fingerprint density at radius 1 is 0.844 bits per heavy atom. The number of anilines is 1. The summed E-state index contributed by atoms with van der Waals surface area (Å²) in [4.78, 5) is 39.3. The average molecular weight is 425 g/mol. The maximum atomic E-state index is 13.0. The number of likely N-dealkylation sites (N-methyl/N-ethyl adjacent to an activating group) is 1. The van der Waals surface area contributed by atoms with Crippen LogP contribution in [-0.4, -0.2) is 68.8 Å². The molecule has 1 aliphatic rings. The van der Waals surface area contributed by atoms with E-state index >= 15 is 0 Å². The summed E-state index contributed by atoms with van der Waals surface area (Å²) in [5.74, 6) is 0.882. The summed E-state index contributed by atoms with van der Waals surface area (Å²) < 4.78 is 0. The molecule has 1 aliphatic heterocycles. The highest BCUT2D eigenvalue weighted by Crippen LogP contribution is 2.21. The Labute approximate surface area is 186 Å². The summed E-state index contributed by atoms with van der Waals surface area (Å²) in [5.41, 5.74) is 2.82. The monoisotopic (exact) mass is 425 g/mol. The molecular formula is C24H23N7O. The Morgan fingerprint density at radius 2 is 1.69 bits per heavy atom. The van der Waals surface area contributed by atoms with E-state index in [1.807, 2.05) is 18.2 Å². The lowest BCUT2D eigenvalue weighted by Gasteiger charge is -2.33. The number of Topliss-reactive ketones (excluding diaryl/α,β-unsaturated/α-hetero) is 1. The van der Waals surface area contributed by atoms with Crippen LogP contribution < -0.4 is 4.90 Å². The second-order valence-electron chi connectivity index (χ2n) is 7.98. The van der Waals surface area contributed by atoms with Crippen LogP contribution in [0.3, 0.4) is 0 Å². The van der Waals surface area contributed by atoms with Gasteiger partial charge in [0.1, 0.15) is 11.5 Å². The number of carbonyl (C=O) groups is 1. The van der Waals surface area contributed by atoms with Crippen molar-refractivity contribution in [2.75, 3.05) is 38.1 Å². The molecule has 4 aromatic heterocycles. The molecule has 5 heterocycles. The number of rotatable bonds is 5. The first kappa shape index (κ1) is 20.1. The molecule has 0 radical (unpaired) electrons. The van der Waals surface area contributed by atoms with Gasteiger partial charge in [-0.05, 0) is 36.7 Å². The summed E-state index contributed by atoms with van der Waals surface area (Å²) in [6, 6.07) is 7.56. The van der Waals surface area contributed by atoms with Gasteiger partial charge in [-0.15, -0.1) is 0 Å². The summed E-state index contributed by atoms with van der Waals surface area (Å²) in [6.07, 6.45) is 10.4. The number of fused-ring (bicyclic) bond motifs is 1. The third kappa shape index (κ3) is 4.31. The second kappa shape index (κ2) is 8.76. The van der Waals surface area contributed by atoms with Gasteiger partial charge < -0.3 is 9.80 Å². The second-order valence-corrected chi connectivity index (χ2v) is 7.98. The van der Waals surface area contributed by atoms with E-state index in [0.29, 0.717) is 11.3 Å². The summed E-state index contributed by atoms with van der Waals surface area (Å²) in [7, 11) is 2.12. The number of hydrogen-bond donors (Lipinski definition) is 0. The zero-order valence-corrected chi connectivity index (χ0v) is 17.8. The molecule has 8 nitrogen and oxygen atoms in total. The summed E-state index contributed by atoms with van der Waals surface area (Å²) in [5, 5.41) is 1.88. The smallest absolute Gasteiger partial charge is 0.169 e. The Bertz CT molecular complexity index is 1250. The SMILES string of the molecule is CN1CCN(c2cc(C(=O)Cc3cc4cc(-c5cnccn5)ncc4cn3)ccn2)CC1. The first-order valence-corrected chi connectivity index (χ1v) is 10.6. The van der Waals surface area contributed by atoms with Crippen LogP contribution in [0.5, 0.6) is 0 Å². The largest absolute Gasteiger partial charge is 0.354 e. The van der Waals surface area contributed by atoms with Crippen molar-refractivity contribution in [1.29, 1.82) is 0 Å². The van der Waals surface area contributed by atoms with E-state index in [-0.39, 0.29) is 12.2 Å². The molecule has 5 rings (SSSR count). The molecule has 1 fully saturated rings. The van der Waals surface area contributed by atoms with E-state index in [1.165, 1.54) is 0 Å². The zero-order valence-electron chi connectivity index (χ0n) is 17.8. The normalized spacial score (nSPS) is 14.6. The molecule has 0 aliphatic carbocycles. The molecular weight excluding hydrogens is 402 g/mol. The minimum Gasteiger partial charge on any atom is -0.354 e. The number of piperazine rings is 1. The molecule has 32 heavy (non-hydrogen) atoms. The zero-order chi connectivity index (χ0) is 21.9. The molecule has 8 heteroatoms. The van der Waals surface area contributed by atoms with Crippen LogP contribution in [0.25, 0.3) is 22.2 Å². The van der Waals surface area contributed by atoms with E-state index < -0.39 is 0 Å². The summed E-state index contributed by atoms with van der Waals surface area (Å²) in [6.45, 7) is 3.81. The van der Waals surface area contributed by atoms with Gasteiger partial charge in [-0.3, -0.25) is 24.7 Å². The molecule has 0 N–H and O–H groups in total. The molecule has 1 saturated heterocycles. The number of aromatic nitrogens is 5. The molecule has 0 aromatic carbocycles. The lowest BCUT2D eigenvalue weighted by molar-refractivity contribution is 0.0992. The molecule has 0 atom stereocenters. The van der Waals surface area contributed by atoms with Crippen LogP contribution in [-0.2, 0) is 6.42 Å². The van der Waals surface area contributed by atoms with Gasteiger partial charge in [-0.1, -0.05) is 0 Å². The summed E-state index contributed by atoms with van der Waals surface area (Å²) >= 11 is 0. The molecule has 0 amide bonds. The van der Waals surface area contributed by atoms with Gasteiger partial charge in [-0.25, -0.2) is 4.98 Å². The average Bonchev–Trinajstić information content (AvgIpc) is 2.84. The fraction of sp³-hybridized carbons (Fsp3) is 0.250. The number of carbonyl (C=O) groups excluding carboxylic acids is 1. The van der Waals surface area contributed by atoms with Gasteiger partial charge in [0.15, 0.2) is 5.78 Å². The molecule has 4 aromatic rings. The van der Waals surface area contributed by atoms with Crippen molar-refractivity contribution < 1.29 is 4.79 Å². The number of hydrogen-bond acceptors (Lipinski definition) is 8. The van der Waals surface area contributed by atoms with Gasteiger partial charge in [0.05, 0.1) is 18.3 Å². The van der Waals surface area contributed by atoms with E-state index in [4.69, 9.17) is 0 Å². The maximum absolute atomic E-state index is 13.0. The minimum absolute atomic E-state index is 0.0258. The highest BCUT2D eigenvalue weighted by atomic mass is 16.1. The van der Waals surface area contributed by atoms with Crippen molar-refractivity contribution in [3.63, 3.8) is 0 Å². The highest BCUT2D eigenvalue weighted by Gasteiger charge is 2.17. The Kier molecular flexibility index (Phi) is 5.51. The molecule has 0 unspecified atom stereocenters. The lowest BCUT2D eigenvalue weighted by Crippen LogP contribution is -2.44. The predicted molar refractivity (Wildman–Crippen MR) is 123 cm³/mol. The molecule has 0 bridgehead atoms. The van der Waals surface area contributed by atoms with E-state index in [0.717, 1.165) is 54.2 Å².